The summed E-state index contributed by atoms with van der Waals surface area (Å²) in [5.41, 5.74) is 0.584. The fraction of sp³-hybridized carbons (Fsp3) is 0.571. The highest BCUT2D eigenvalue weighted by Gasteiger charge is 2.25. The smallest absolute Gasteiger partial charge is 0.0632 e. The van der Waals surface area contributed by atoms with Crippen molar-refractivity contribution in [1.29, 1.82) is 0 Å². The minimum atomic E-state index is -0.515. The summed E-state index contributed by atoms with van der Waals surface area (Å²) in [6.45, 7) is 4.67. The fourth-order valence-electron chi connectivity index (χ4n) is 2.37. The molecule has 0 amide bonds. The van der Waals surface area contributed by atoms with Gasteiger partial charge in [0.1, 0.15) is 0 Å². The van der Waals surface area contributed by atoms with Gasteiger partial charge in [-0.2, -0.15) is 0 Å². The SMILES string of the molecule is CC1(O)CCCN(Cc2ccc(Cl)cc2Cl)CC1. The van der Waals surface area contributed by atoms with E-state index in [1.807, 2.05) is 19.1 Å². The van der Waals surface area contributed by atoms with Gasteiger partial charge in [0.25, 0.3) is 0 Å². The number of nitrogens with zero attached hydrogens (tertiary/aromatic N) is 1. The Kier molecular flexibility index (Phi) is 4.54. The Morgan fingerprint density at radius 2 is 2.06 bits per heavy atom. The van der Waals surface area contributed by atoms with E-state index in [4.69, 9.17) is 23.2 Å². The monoisotopic (exact) mass is 287 g/mol. The van der Waals surface area contributed by atoms with Gasteiger partial charge in [-0.25, -0.2) is 0 Å². The molecule has 1 aliphatic heterocycles. The summed E-state index contributed by atoms with van der Waals surface area (Å²) in [5.74, 6) is 0. The predicted molar refractivity (Wildman–Crippen MR) is 76.2 cm³/mol. The lowest BCUT2D eigenvalue weighted by Crippen LogP contribution is -2.28. The van der Waals surface area contributed by atoms with E-state index < -0.39 is 5.60 Å². The lowest BCUT2D eigenvalue weighted by atomic mass is 9.98. The minimum Gasteiger partial charge on any atom is -0.390 e. The van der Waals surface area contributed by atoms with Crippen LogP contribution in [0.25, 0.3) is 0 Å². The molecule has 0 aliphatic carbocycles. The molecule has 0 spiro atoms. The van der Waals surface area contributed by atoms with Crippen molar-refractivity contribution in [2.24, 2.45) is 0 Å². The topological polar surface area (TPSA) is 23.5 Å². The normalized spacial score (nSPS) is 26.0. The molecule has 0 saturated carbocycles. The van der Waals surface area contributed by atoms with Crippen LogP contribution in [0.15, 0.2) is 18.2 Å². The van der Waals surface area contributed by atoms with Gasteiger partial charge in [0, 0.05) is 23.1 Å². The van der Waals surface area contributed by atoms with Crippen LogP contribution in [0.5, 0.6) is 0 Å². The largest absolute Gasteiger partial charge is 0.390 e. The second-order valence-electron chi connectivity index (χ2n) is 5.36. The van der Waals surface area contributed by atoms with Crippen LogP contribution in [-0.2, 0) is 6.54 Å². The minimum absolute atomic E-state index is 0.515. The number of likely N-dealkylation sites (tertiary alicyclic amines) is 1. The van der Waals surface area contributed by atoms with Gasteiger partial charge in [0.2, 0.25) is 0 Å². The molecule has 1 N–H and O–H groups in total. The van der Waals surface area contributed by atoms with E-state index >= 15 is 0 Å². The lowest BCUT2D eigenvalue weighted by molar-refractivity contribution is 0.0444. The zero-order chi connectivity index (χ0) is 13.2. The maximum Gasteiger partial charge on any atom is 0.0632 e. The molecule has 1 fully saturated rings. The molecule has 1 aromatic carbocycles. The third-order valence-corrected chi connectivity index (χ3v) is 4.15. The van der Waals surface area contributed by atoms with Crippen molar-refractivity contribution in [1.82, 2.24) is 4.90 Å². The molecule has 1 aliphatic rings. The van der Waals surface area contributed by atoms with Crippen LogP contribution in [0, 0.1) is 0 Å². The molecule has 100 valence electrons. The molecule has 1 aromatic rings. The highest BCUT2D eigenvalue weighted by atomic mass is 35.5. The van der Waals surface area contributed by atoms with Crippen LogP contribution in [0.4, 0.5) is 0 Å². The van der Waals surface area contributed by atoms with Crippen LogP contribution in [-0.4, -0.2) is 28.7 Å². The summed E-state index contributed by atoms with van der Waals surface area (Å²) in [7, 11) is 0. The first-order chi connectivity index (χ1) is 8.46. The Labute approximate surface area is 119 Å². The molecule has 0 bridgehead atoms. The van der Waals surface area contributed by atoms with Crippen molar-refractivity contribution in [3.63, 3.8) is 0 Å². The molecule has 1 atom stereocenters. The maximum absolute atomic E-state index is 10.1. The first-order valence-electron chi connectivity index (χ1n) is 6.35. The Morgan fingerprint density at radius 1 is 1.28 bits per heavy atom. The van der Waals surface area contributed by atoms with Crippen molar-refractivity contribution in [3.05, 3.63) is 33.8 Å². The summed E-state index contributed by atoms with van der Waals surface area (Å²) < 4.78 is 0. The number of halogens is 2. The van der Waals surface area contributed by atoms with E-state index in [2.05, 4.69) is 4.90 Å². The predicted octanol–water partition coefficient (Wildman–Crippen LogP) is 3.73. The zero-order valence-electron chi connectivity index (χ0n) is 10.6. The molecule has 1 heterocycles. The van der Waals surface area contributed by atoms with Crippen LogP contribution in [0.3, 0.4) is 0 Å². The molecule has 0 radical (unpaired) electrons. The Hall–Kier alpha value is -0.280. The standard InChI is InChI=1S/C14H19Cl2NO/c1-14(18)5-2-7-17(8-6-14)10-11-3-4-12(15)9-13(11)16/h3-4,9,18H,2,5-8,10H2,1H3. The van der Waals surface area contributed by atoms with E-state index in [-0.39, 0.29) is 0 Å². The Balaban J connectivity index is 2.01. The van der Waals surface area contributed by atoms with Gasteiger partial charge in [0.05, 0.1) is 5.60 Å². The van der Waals surface area contributed by atoms with Gasteiger partial charge in [-0.1, -0.05) is 29.3 Å². The first kappa shape index (κ1) is 14.1. The number of rotatable bonds is 2. The van der Waals surface area contributed by atoms with E-state index in [1.165, 1.54) is 0 Å². The van der Waals surface area contributed by atoms with Crippen molar-refractivity contribution in [2.75, 3.05) is 13.1 Å². The number of benzene rings is 1. The summed E-state index contributed by atoms with van der Waals surface area (Å²) >= 11 is 12.1. The van der Waals surface area contributed by atoms with Gasteiger partial charge < -0.3 is 5.11 Å². The average Bonchev–Trinajstić information content (AvgIpc) is 2.44. The number of aliphatic hydroxyl groups is 1. The molecule has 2 rings (SSSR count). The second kappa shape index (κ2) is 5.79. The Morgan fingerprint density at radius 3 is 2.78 bits per heavy atom. The lowest BCUT2D eigenvalue weighted by Gasteiger charge is -2.22. The fourth-order valence-corrected chi connectivity index (χ4v) is 2.84. The summed E-state index contributed by atoms with van der Waals surface area (Å²) in [6.07, 6.45) is 2.72. The first-order valence-corrected chi connectivity index (χ1v) is 7.10. The van der Waals surface area contributed by atoms with E-state index in [9.17, 15) is 5.11 Å². The van der Waals surface area contributed by atoms with Gasteiger partial charge in [-0.3, -0.25) is 4.90 Å². The second-order valence-corrected chi connectivity index (χ2v) is 6.21. The van der Waals surface area contributed by atoms with E-state index in [0.717, 1.165) is 49.5 Å². The molecule has 4 heteroatoms. The third-order valence-electron chi connectivity index (χ3n) is 3.57. The van der Waals surface area contributed by atoms with Gasteiger partial charge in [-0.15, -0.1) is 0 Å². The van der Waals surface area contributed by atoms with Gasteiger partial charge >= 0.3 is 0 Å². The molecule has 0 aromatic heterocycles. The highest BCUT2D eigenvalue weighted by Crippen LogP contribution is 2.25. The van der Waals surface area contributed by atoms with E-state index in [1.54, 1.807) is 6.07 Å². The van der Waals surface area contributed by atoms with Crippen LogP contribution < -0.4 is 0 Å². The number of hydrogen-bond acceptors (Lipinski definition) is 2. The van der Waals surface area contributed by atoms with Crippen LogP contribution in [0.2, 0.25) is 10.0 Å². The third kappa shape index (κ3) is 3.86. The maximum atomic E-state index is 10.1. The summed E-state index contributed by atoms with van der Waals surface area (Å²) in [5, 5.41) is 11.4. The molecule has 18 heavy (non-hydrogen) atoms. The van der Waals surface area contributed by atoms with Crippen LogP contribution in [0.1, 0.15) is 31.7 Å². The molecule has 1 saturated heterocycles. The Bertz CT molecular complexity index is 420. The highest BCUT2D eigenvalue weighted by molar-refractivity contribution is 6.35. The van der Waals surface area contributed by atoms with Crippen molar-refractivity contribution in [3.8, 4) is 0 Å². The van der Waals surface area contributed by atoms with Gasteiger partial charge in [-0.05, 0) is 50.4 Å². The van der Waals surface area contributed by atoms with E-state index in [0.29, 0.717) is 5.02 Å². The number of hydrogen-bond donors (Lipinski definition) is 1. The zero-order valence-corrected chi connectivity index (χ0v) is 12.1. The average molecular weight is 288 g/mol. The quantitative estimate of drug-likeness (QED) is 0.896. The summed E-state index contributed by atoms with van der Waals surface area (Å²) in [4.78, 5) is 2.34. The molecular weight excluding hydrogens is 269 g/mol. The molecule has 1 unspecified atom stereocenters. The van der Waals surface area contributed by atoms with Crippen molar-refractivity contribution < 1.29 is 5.11 Å². The van der Waals surface area contributed by atoms with Crippen molar-refractivity contribution in [2.45, 2.75) is 38.3 Å². The van der Waals surface area contributed by atoms with Gasteiger partial charge in [0.15, 0.2) is 0 Å². The molecule has 2 nitrogen and oxygen atoms in total. The van der Waals surface area contributed by atoms with Crippen molar-refractivity contribution >= 4 is 23.2 Å². The molecular formula is C14H19Cl2NO. The summed E-state index contributed by atoms with van der Waals surface area (Å²) in [6, 6.07) is 5.64. The van der Waals surface area contributed by atoms with Crippen LogP contribution >= 0.6 is 23.2 Å².